The van der Waals surface area contributed by atoms with Gasteiger partial charge in [-0.15, -0.1) is 0 Å². The van der Waals surface area contributed by atoms with Crippen LogP contribution < -0.4 is 10.6 Å². The van der Waals surface area contributed by atoms with Gasteiger partial charge < -0.3 is 15.2 Å². The number of rotatable bonds is 3. The third-order valence-corrected chi connectivity index (χ3v) is 2.83. The number of amides is 1. The summed E-state index contributed by atoms with van der Waals surface area (Å²) in [5.41, 5.74) is 0.778. The van der Waals surface area contributed by atoms with Gasteiger partial charge in [0, 0.05) is 12.0 Å². The Bertz CT molecular complexity index is 356. The normalized spacial score (nSPS) is 17.3. The molecule has 0 atom stereocenters. The third kappa shape index (κ3) is 2.82. The summed E-state index contributed by atoms with van der Waals surface area (Å²) < 4.78 is 4.93. The van der Waals surface area contributed by atoms with Crippen molar-refractivity contribution in [3.63, 3.8) is 0 Å². The van der Waals surface area contributed by atoms with Crippen LogP contribution in [0.1, 0.15) is 24.3 Å². The Morgan fingerprint density at radius 2 is 2.38 bits per heavy atom. The van der Waals surface area contributed by atoms with Crippen LogP contribution in [0.15, 0.2) is 10.6 Å². The highest BCUT2D eigenvalue weighted by Gasteiger charge is 2.20. The van der Waals surface area contributed by atoms with Gasteiger partial charge in [0.15, 0.2) is 0 Å². The first kappa shape index (κ1) is 11.1. The molecule has 0 aromatic carbocycles. The summed E-state index contributed by atoms with van der Waals surface area (Å²) in [6.45, 7) is 4.16. The number of aromatic nitrogens is 1. The van der Waals surface area contributed by atoms with Crippen LogP contribution in [0.5, 0.6) is 0 Å². The van der Waals surface area contributed by atoms with Crippen LogP contribution in [0.4, 0.5) is 0 Å². The fourth-order valence-electron chi connectivity index (χ4n) is 1.91. The molecule has 1 aliphatic rings. The molecule has 0 bridgehead atoms. The number of nitrogens with zero attached hydrogens (tertiary/aromatic N) is 1. The molecular formula is C11H17N3O2. The van der Waals surface area contributed by atoms with Crippen LogP contribution in [0.3, 0.4) is 0 Å². The summed E-state index contributed by atoms with van der Waals surface area (Å²) >= 11 is 0. The van der Waals surface area contributed by atoms with Gasteiger partial charge in [-0.05, 0) is 32.9 Å². The van der Waals surface area contributed by atoms with Crippen molar-refractivity contribution in [2.24, 2.45) is 5.92 Å². The van der Waals surface area contributed by atoms with E-state index in [0.29, 0.717) is 6.54 Å². The summed E-state index contributed by atoms with van der Waals surface area (Å²) in [5.74, 6) is 1.04. The van der Waals surface area contributed by atoms with Crippen molar-refractivity contribution >= 4 is 5.91 Å². The largest absolute Gasteiger partial charge is 0.361 e. The lowest BCUT2D eigenvalue weighted by Crippen LogP contribution is -2.37. The zero-order valence-corrected chi connectivity index (χ0v) is 9.45. The SMILES string of the molecule is Cc1cc(CNC(=O)C2CCNCC2)no1. The zero-order valence-electron chi connectivity index (χ0n) is 9.45. The molecule has 2 heterocycles. The Balaban J connectivity index is 1.78. The molecule has 2 rings (SSSR count). The van der Waals surface area contributed by atoms with E-state index < -0.39 is 0 Å². The van der Waals surface area contributed by atoms with Gasteiger partial charge in [0.25, 0.3) is 0 Å². The van der Waals surface area contributed by atoms with Gasteiger partial charge in [0.05, 0.1) is 6.54 Å². The first-order valence-electron chi connectivity index (χ1n) is 5.66. The van der Waals surface area contributed by atoms with Crippen molar-refractivity contribution in [1.82, 2.24) is 15.8 Å². The number of piperidine rings is 1. The maximum atomic E-state index is 11.8. The highest BCUT2D eigenvalue weighted by Crippen LogP contribution is 2.11. The zero-order chi connectivity index (χ0) is 11.4. The minimum Gasteiger partial charge on any atom is -0.361 e. The van der Waals surface area contributed by atoms with Crippen LogP contribution >= 0.6 is 0 Å². The minimum absolute atomic E-state index is 0.127. The maximum Gasteiger partial charge on any atom is 0.223 e. The lowest BCUT2D eigenvalue weighted by Gasteiger charge is -2.21. The highest BCUT2D eigenvalue weighted by atomic mass is 16.5. The van der Waals surface area contributed by atoms with Gasteiger partial charge in [0.1, 0.15) is 11.5 Å². The second-order valence-corrected chi connectivity index (χ2v) is 4.17. The molecule has 1 aromatic heterocycles. The van der Waals surface area contributed by atoms with Crippen LogP contribution in [0, 0.1) is 12.8 Å². The summed E-state index contributed by atoms with van der Waals surface area (Å²) in [4.78, 5) is 11.8. The molecule has 0 spiro atoms. The third-order valence-electron chi connectivity index (χ3n) is 2.83. The first-order valence-corrected chi connectivity index (χ1v) is 5.66. The van der Waals surface area contributed by atoms with E-state index in [1.54, 1.807) is 0 Å². The van der Waals surface area contributed by atoms with Gasteiger partial charge in [-0.2, -0.15) is 0 Å². The Morgan fingerprint density at radius 3 is 3.00 bits per heavy atom. The van der Waals surface area contributed by atoms with Crippen molar-refractivity contribution < 1.29 is 9.32 Å². The smallest absolute Gasteiger partial charge is 0.223 e. The Morgan fingerprint density at radius 1 is 1.62 bits per heavy atom. The average Bonchev–Trinajstić information content (AvgIpc) is 2.73. The number of carbonyl (C=O) groups is 1. The topological polar surface area (TPSA) is 67.2 Å². The standard InChI is InChI=1S/C11H17N3O2/c1-8-6-10(14-16-8)7-13-11(15)9-2-4-12-5-3-9/h6,9,12H,2-5,7H2,1H3,(H,13,15). The Kier molecular flexibility index (Phi) is 3.56. The van der Waals surface area contributed by atoms with Crippen LogP contribution in [-0.4, -0.2) is 24.2 Å². The minimum atomic E-state index is 0.127. The van der Waals surface area contributed by atoms with E-state index in [1.165, 1.54) is 0 Å². The van der Waals surface area contributed by atoms with E-state index in [9.17, 15) is 4.79 Å². The molecule has 1 saturated heterocycles. The van der Waals surface area contributed by atoms with Crippen molar-refractivity contribution in [2.45, 2.75) is 26.3 Å². The second-order valence-electron chi connectivity index (χ2n) is 4.17. The number of carbonyl (C=O) groups excluding carboxylic acids is 1. The van der Waals surface area contributed by atoms with E-state index >= 15 is 0 Å². The van der Waals surface area contributed by atoms with E-state index in [1.807, 2.05) is 13.0 Å². The maximum absolute atomic E-state index is 11.8. The van der Waals surface area contributed by atoms with Crippen LogP contribution in [0.25, 0.3) is 0 Å². The average molecular weight is 223 g/mol. The van der Waals surface area contributed by atoms with Gasteiger partial charge in [-0.3, -0.25) is 4.79 Å². The number of hydrogen-bond acceptors (Lipinski definition) is 4. The molecule has 1 aromatic rings. The number of aryl methyl sites for hydroxylation is 1. The molecule has 0 radical (unpaired) electrons. The molecular weight excluding hydrogens is 206 g/mol. The van der Waals surface area contributed by atoms with Crippen molar-refractivity contribution in [2.75, 3.05) is 13.1 Å². The first-order chi connectivity index (χ1) is 7.75. The molecule has 0 saturated carbocycles. The lowest BCUT2D eigenvalue weighted by molar-refractivity contribution is -0.125. The molecule has 0 unspecified atom stereocenters. The quantitative estimate of drug-likeness (QED) is 0.787. The highest BCUT2D eigenvalue weighted by molar-refractivity contribution is 5.78. The summed E-state index contributed by atoms with van der Waals surface area (Å²) in [6.07, 6.45) is 1.84. The van der Waals surface area contributed by atoms with Gasteiger partial charge >= 0.3 is 0 Å². The molecule has 16 heavy (non-hydrogen) atoms. The Hall–Kier alpha value is -1.36. The van der Waals surface area contributed by atoms with E-state index in [-0.39, 0.29) is 11.8 Å². The van der Waals surface area contributed by atoms with Crippen molar-refractivity contribution in [3.8, 4) is 0 Å². The number of hydrogen-bond donors (Lipinski definition) is 2. The van der Waals surface area contributed by atoms with Gasteiger partial charge in [0.2, 0.25) is 5.91 Å². The molecule has 88 valence electrons. The fourth-order valence-corrected chi connectivity index (χ4v) is 1.91. The monoisotopic (exact) mass is 223 g/mol. The van der Waals surface area contributed by atoms with E-state index in [2.05, 4.69) is 15.8 Å². The summed E-state index contributed by atoms with van der Waals surface area (Å²) in [5, 5.41) is 9.96. The predicted molar refractivity (Wildman–Crippen MR) is 58.7 cm³/mol. The molecule has 1 fully saturated rings. The van der Waals surface area contributed by atoms with Crippen molar-refractivity contribution in [3.05, 3.63) is 17.5 Å². The summed E-state index contributed by atoms with van der Waals surface area (Å²) in [6, 6.07) is 1.84. The van der Waals surface area contributed by atoms with Gasteiger partial charge in [-0.25, -0.2) is 0 Å². The fraction of sp³-hybridized carbons (Fsp3) is 0.636. The second kappa shape index (κ2) is 5.12. The van der Waals surface area contributed by atoms with Crippen LogP contribution in [-0.2, 0) is 11.3 Å². The Labute approximate surface area is 94.6 Å². The van der Waals surface area contributed by atoms with E-state index in [0.717, 1.165) is 37.4 Å². The number of nitrogens with one attached hydrogen (secondary N) is 2. The van der Waals surface area contributed by atoms with Crippen molar-refractivity contribution in [1.29, 1.82) is 0 Å². The molecule has 1 aliphatic heterocycles. The molecule has 0 aliphatic carbocycles. The lowest BCUT2D eigenvalue weighted by atomic mass is 9.97. The molecule has 1 amide bonds. The molecule has 5 nitrogen and oxygen atoms in total. The van der Waals surface area contributed by atoms with E-state index in [4.69, 9.17) is 4.52 Å². The van der Waals surface area contributed by atoms with Crippen LogP contribution in [0.2, 0.25) is 0 Å². The molecule has 5 heteroatoms. The summed E-state index contributed by atoms with van der Waals surface area (Å²) in [7, 11) is 0. The predicted octanol–water partition coefficient (Wildman–Crippen LogP) is 0.599. The molecule has 2 N–H and O–H groups in total. The van der Waals surface area contributed by atoms with Gasteiger partial charge in [-0.1, -0.05) is 5.16 Å².